The lowest BCUT2D eigenvalue weighted by molar-refractivity contribution is -0.117. The van der Waals surface area contributed by atoms with Crippen molar-refractivity contribution in [2.24, 2.45) is 11.7 Å². The second kappa shape index (κ2) is 12.9. The number of aryl methyl sites for hydroxylation is 1. The summed E-state index contributed by atoms with van der Waals surface area (Å²) in [6.07, 6.45) is -2.03. The number of carbonyl (C=O) groups excluding carboxylic acids is 2. The summed E-state index contributed by atoms with van der Waals surface area (Å²) in [5, 5.41) is 15.8. The Balaban J connectivity index is 1.54. The molecule has 0 saturated heterocycles. The standard InChI is InChI=1S/C32H30ClF3N4O5/c1-16-23(33)10-18-9-20(11-24(44-2)28(18)39-16)31(42)38-15-32(43,21-5-6-21)25-12-19(13-27(37)41)30(45-14-26(35)36)29(40-25)17-3-7-22(34)8-4-17/h3-4,7-12,21,26,43H,5-6,13-15H2,1-2H3,(H2,37,41)(H,38,42)/t32-/m1/s1. The van der Waals surface area contributed by atoms with Gasteiger partial charge in [-0.15, -0.1) is 0 Å². The molecule has 0 unspecified atom stereocenters. The van der Waals surface area contributed by atoms with Crippen LogP contribution < -0.4 is 20.5 Å². The zero-order valence-electron chi connectivity index (χ0n) is 24.4. The Bertz CT molecular complexity index is 1770. The van der Waals surface area contributed by atoms with Crippen molar-refractivity contribution >= 4 is 34.3 Å². The molecule has 2 aromatic heterocycles. The lowest BCUT2D eigenvalue weighted by atomic mass is 9.90. The number of hydrogen-bond acceptors (Lipinski definition) is 7. The van der Waals surface area contributed by atoms with E-state index in [9.17, 15) is 27.9 Å². The molecule has 1 fully saturated rings. The number of hydrogen-bond donors (Lipinski definition) is 3. The number of nitrogens with two attached hydrogens (primary N) is 1. The van der Waals surface area contributed by atoms with Gasteiger partial charge in [-0.2, -0.15) is 0 Å². The van der Waals surface area contributed by atoms with E-state index < -0.39 is 42.7 Å². The number of primary amides is 1. The molecular weight excluding hydrogens is 613 g/mol. The number of aromatic nitrogens is 2. The van der Waals surface area contributed by atoms with Crippen LogP contribution in [0.3, 0.4) is 0 Å². The van der Waals surface area contributed by atoms with Gasteiger partial charge in [0.15, 0.2) is 0 Å². The summed E-state index contributed by atoms with van der Waals surface area (Å²) >= 11 is 6.26. The average Bonchev–Trinajstić information content (AvgIpc) is 3.85. The van der Waals surface area contributed by atoms with Crippen LogP contribution >= 0.6 is 11.6 Å². The van der Waals surface area contributed by atoms with Crippen LogP contribution in [0, 0.1) is 18.7 Å². The second-order valence-corrected chi connectivity index (χ2v) is 11.3. The number of amides is 2. The fourth-order valence-electron chi connectivity index (χ4n) is 5.17. The monoisotopic (exact) mass is 642 g/mol. The van der Waals surface area contributed by atoms with Crippen molar-refractivity contribution in [1.82, 2.24) is 15.3 Å². The number of nitrogens with zero attached hydrogens (tertiary/aromatic N) is 2. The summed E-state index contributed by atoms with van der Waals surface area (Å²) in [6, 6.07) is 11.2. The number of carbonyl (C=O) groups is 2. The molecule has 0 bridgehead atoms. The Morgan fingerprint density at radius 2 is 1.87 bits per heavy atom. The quantitative estimate of drug-likeness (QED) is 0.195. The summed E-state index contributed by atoms with van der Waals surface area (Å²) in [4.78, 5) is 34.5. The van der Waals surface area contributed by atoms with Gasteiger partial charge in [0, 0.05) is 22.1 Å². The third-order valence-electron chi connectivity index (χ3n) is 7.59. The van der Waals surface area contributed by atoms with E-state index >= 15 is 0 Å². The molecule has 5 rings (SSSR count). The SMILES string of the molecule is COc1cc(C(=O)NC[C@](O)(c2cc(CC(N)=O)c(OCC(F)F)c(-c3ccc(F)cc3)n2)C2CC2)cc2cc(Cl)c(C)nc12. The molecule has 0 aliphatic heterocycles. The van der Waals surface area contributed by atoms with Crippen molar-refractivity contribution in [2.75, 3.05) is 20.3 Å². The average molecular weight is 643 g/mol. The van der Waals surface area contributed by atoms with E-state index in [4.69, 9.17) is 26.8 Å². The number of ether oxygens (including phenoxy) is 2. The number of fused-ring (bicyclic) bond motifs is 1. The summed E-state index contributed by atoms with van der Waals surface area (Å²) in [6.45, 7) is 0.467. The van der Waals surface area contributed by atoms with Gasteiger partial charge in [-0.25, -0.2) is 23.1 Å². The highest BCUT2D eigenvalue weighted by atomic mass is 35.5. The number of rotatable bonds is 12. The van der Waals surface area contributed by atoms with Gasteiger partial charge in [0.1, 0.15) is 40.7 Å². The van der Waals surface area contributed by atoms with E-state index in [0.717, 1.165) is 12.1 Å². The predicted molar refractivity (Wildman–Crippen MR) is 161 cm³/mol. The van der Waals surface area contributed by atoms with Gasteiger partial charge in [-0.3, -0.25) is 9.59 Å². The highest BCUT2D eigenvalue weighted by Crippen LogP contribution is 2.47. The molecular formula is C32H30ClF3N4O5. The first-order chi connectivity index (χ1) is 21.4. The van der Waals surface area contributed by atoms with Crippen LogP contribution in [0.15, 0.2) is 48.5 Å². The fraction of sp³-hybridized carbons (Fsp3) is 0.312. The molecule has 1 atom stereocenters. The summed E-state index contributed by atoms with van der Waals surface area (Å²) in [7, 11) is 1.46. The van der Waals surface area contributed by atoms with Gasteiger partial charge in [0.25, 0.3) is 12.3 Å². The van der Waals surface area contributed by atoms with Crippen LogP contribution in [-0.2, 0) is 16.8 Å². The second-order valence-electron chi connectivity index (χ2n) is 10.9. The van der Waals surface area contributed by atoms with Crippen LogP contribution in [0.4, 0.5) is 13.2 Å². The van der Waals surface area contributed by atoms with E-state index in [1.165, 1.54) is 31.4 Å². The van der Waals surface area contributed by atoms with Crippen LogP contribution in [0.5, 0.6) is 11.5 Å². The molecule has 1 saturated carbocycles. The molecule has 0 spiro atoms. The first-order valence-electron chi connectivity index (χ1n) is 14.0. The zero-order valence-corrected chi connectivity index (χ0v) is 25.1. The lowest BCUT2D eigenvalue weighted by Crippen LogP contribution is -2.43. The van der Waals surface area contributed by atoms with Gasteiger partial charge in [-0.1, -0.05) is 11.6 Å². The molecule has 1 aliphatic carbocycles. The minimum absolute atomic E-state index is 0.00809. The fourth-order valence-corrected chi connectivity index (χ4v) is 5.33. The Kier molecular flexibility index (Phi) is 9.17. The highest BCUT2D eigenvalue weighted by molar-refractivity contribution is 6.31. The minimum atomic E-state index is -2.84. The van der Waals surface area contributed by atoms with Crippen LogP contribution in [0.2, 0.25) is 5.02 Å². The number of alkyl halides is 2. The maximum atomic E-state index is 13.8. The molecule has 2 aromatic carbocycles. The Morgan fingerprint density at radius 3 is 2.49 bits per heavy atom. The smallest absolute Gasteiger partial charge is 0.272 e. The normalized spacial score (nSPS) is 14.3. The van der Waals surface area contributed by atoms with Crippen LogP contribution in [0.25, 0.3) is 22.2 Å². The Hall–Kier alpha value is -4.42. The first kappa shape index (κ1) is 32.0. The molecule has 236 valence electrons. The molecule has 13 heteroatoms. The summed E-state index contributed by atoms with van der Waals surface area (Å²) < 4.78 is 51.0. The number of nitrogens with one attached hydrogen (secondary N) is 1. The lowest BCUT2D eigenvalue weighted by Gasteiger charge is -2.30. The summed E-state index contributed by atoms with van der Waals surface area (Å²) in [5.74, 6) is -1.96. The number of benzene rings is 2. The van der Waals surface area contributed by atoms with Crippen molar-refractivity contribution < 1.29 is 37.3 Å². The predicted octanol–water partition coefficient (Wildman–Crippen LogP) is 5.11. The minimum Gasteiger partial charge on any atom is -0.494 e. The van der Waals surface area contributed by atoms with Crippen molar-refractivity contribution in [3.05, 3.63) is 81.9 Å². The highest BCUT2D eigenvalue weighted by Gasteiger charge is 2.47. The molecule has 1 aliphatic rings. The van der Waals surface area contributed by atoms with Gasteiger partial charge in [-0.05, 0) is 74.2 Å². The molecule has 0 radical (unpaired) electrons. The number of aliphatic hydroxyl groups is 1. The van der Waals surface area contributed by atoms with Gasteiger partial charge in [0.05, 0.1) is 36.5 Å². The van der Waals surface area contributed by atoms with Crippen LogP contribution in [-0.4, -0.2) is 53.6 Å². The molecule has 4 aromatic rings. The van der Waals surface area contributed by atoms with Crippen molar-refractivity contribution in [2.45, 2.75) is 38.2 Å². The van der Waals surface area contributed by atoms with Gasteiger partial charge >= 0.3 is 0 Å². The third-order valence-corrected chi connectivity index (χ3v) is 7.98. The number of pyridine rings is 2. The Labute approximate surface area is 261 Å². The molecule has 9 nitrogen and oxygen atoms in total. The van der Waals surface area contributed by atoms with E-state index in [0.29, 0.717) is 45.8 Å². The van der Waals surface area contributed by atoms with Crippen molar-refractivity contribution in [1.29, 1.82) is 0 Å². The maximum absolute atomic E-state index is 13.8. The van der Waals surface area contributed by atoms with E-state index in [2.05, 4.69) is 15.3 Å². The van der Waals surface area contributed by atoms with Gasteiger partial charge in [0.2, 0.25) is 5.91 Å². The largest absolute Gasteiger partial charge is 0.494 e. The topological polar surface area (TPSA) is 137 Å². The van der Waals surface area contributed by atoms with Gasteiger partial charge < -0.3 is 25.6 Å². The van der Waals surface area contributed by atoms with Crippen LogP contribution in [0.1, 0.15) is 40.2 Å². The van der Waals surface area contributed by atoms with E-state index in [-0.39, 0.29) is 40.7 Å². The maximum Gasteiger partial charge on any atom is 0.272 e. The number of halogens is 4. The summed E-state index contributed by atoms with van der Waals surface area (Å²) in [5.41, 5.74) is 5.57. The van der Waals surface area contributed by atoms with Crippen molar-refractivity contribution in [3.8, 4) is 22.8 Å². The molecule has 2 amide bonds. The molecule has 45 heavy (non-hydrogen) atoms. The first-order valence-corrected chi connectivity index (χ1v) is 14.4. The molecule has 4 N–H and O–H groups in total. The van der Waals surface area contributed by atoms with E-state index in [1.54, 1.807) is 19.1 Å². The third kappa shape index (κ3) is 6.97. The zero-order chi connectivity index (χ0) is 32.5. The number of methoxy groups -OCH3 is 1. The Morgan fingerprint density at radius 1 is 1.16 bits per heavy atom. The van der Waals surface area contributed by atoms with E-state index in [1.807, 2.05) is 0 Å². The van der Waals surface area contributed by atoms with Crippen molar-refractivity contribution in [3.63, 3.8) is 0 Å². The molecule has 2 heterocycles.